The molecule has 2 heteroatoms. The predicted octanol–water partition coefficient (Wildman–Crippen LogP) is 3.21. The number of rotatable bonds is 1. The Balaban J connectivity index is 2.39. The van der Waals surface area contributed by atoms with Crippen molar-refractivity contribution < 1.29 is 0 Å². The molecule has 2 atom stereocenters. The van der Waals surface area contributed by atoms with Gasteiger partial charge in [-0.05, 0) is 24.0 Å². The van der Waals surface area contributed by atoms with Gasteiger partial charge in [0.1, 0.15) is 0 Å². The molecule has 1 aliphatic rings. The first-order valence-corrected chi connectivity index (χ1v) is 5.75. The lowest BCUT2D eigenvalue weighted by Gasteiger charge is -2.06. The zero-order valence-electron chi connectivity index (χ0n) is 8.84. The monoisotopic (exact) mass is 253 g/mol. The fourth-order valence-electron chi connectivity index (χ4n) is 2.17. The SMILES string of the molecule is Cc1ccc(Br)c([C@H]2[C@H](N)C2(C)C)c1. The molecule has 1 saturated carbocycles. The second-order valence-corrected chi connectivity index (χ2v) is 5.70. The molecule has 0 radical (unpaired) electrons. The first-order valence-electron chi connectivity index (χ1n) is 4.96. The Kier molecular flexibility index (Phi) is 2.24. The lowest BCUT2D eigenvalue weighted by Crippen LogP contribution is -2.06. The molecule has 2 rings (SSSR count). The van der Waals surface area contributed by atoms with Gasteiger partial charge in [-0.3, -0.25) is 0 Å². The van der Waals surface area contributed by atoms with E-state index in [9.17, 15) is 0 Å². The van der Waals surface area contributed by atoms with Crippen molar-refractivity contribution in [2.24, 2.45) is 11.1 Å². The molecule has 0 heterocycles. The first kappa shape index (κ1) is 10.2. The minimum Gasteiger partial charge on any atom is -0.327 e. The van der Waals surface area contributed by atoms with Crippen molar-refractivity contribution in [2.45, 2.75) is 32.7 Å². The number of halogens is 1. The number of benzene rings is 1. The van der Waals surface area contributed by atoms with E-state index in [0.717, 1.165) is 0 Å². The van der Waals surface area contributed by atoms with Crippen LogP contribution in [0.25, 0.3) is 0 Å². The van der Waals surface area contributed by atoms with Crippen LogP contribution < -0.4 is 5.73 Å². The molecule has 1 aromatic rings. The van der Waals surface area contributed by atoms with E-state index in [0.29, 0.717) is 12.0 Å². The topological polar surface area (TPSA) is 26.0 Å². The number of nitrogens with two attached hydrogens (primary N) is 1. The van der Waals surface area contributed by atoms with Crippen LogP contribution in [0.3, 0.4) is 0 Å². The second-order valence-electron chi connectivity index (χ2n) is 4.85. The van der Waals surface area contributed by atoms with Gasteiger partial charge in [0.2, 0.25) is 0 Å². The van der Waals surface area contributed by atoms with Crippen LogP contribution >= 0.6 is 15.9 Å². The summed E-state index contributed by atoms with van der Waals surface area (Å²) < 4.78 is 1.19. The highest BCUT2D eigenvalue weighted by Gasteiger charge is 2.56. The molecule has 0 bridgehead atoms. The highest BCUT2D eigenvalue weighted by Crippen LogP contribution is 2.58. The van der Waals surface area contributed by atoms with Gasteiger partial charge >= 0.3 is 0 Å². The number of hydrogen-bond acceptors (Lipinski definition) is 1. The third-order valence-corrected chi connectivity index (χ3v) is 4.12. The minimum absolute atomic E-state index is 0.260. The van der Waals surface area contributed by atoms with Crippen molar-refractivity contribution in [2.75, 3.05) is 0 Å². The van der Waals surface area contributed by atoms with Gasteiger partial charge in [-0.15, -0.1) is 0 Å². The third-order valence-electron chi connectivity index (χ3n) is 3.40. The molecule has 1 nitrogen and oxygen atoms in total. The fourth-order valence-corrected chi connectivity index (χ4v) is 2.67. The summed E-state index contributed by atoms with van der Waals surface area (Å²) in [7, 11) is 0. The van der Waals surface area contributed by atoms with Crippen molar-refractivity contribution in [3.05, 3.63) is 33.8 Å². The van der Waals surface area contributed by atoms with Gasteiger partial charge in [-0.25, -0.2) is 0 Å². The zero-order valence-corrected chi connectivity index (χ0v) is 10.4. The third kappa shape index (κ3) is 1.41. The van der Waals surface area contributed by atoms with Crippen LogP contribution in [0.1, 0.15) is 30.9 Å². The molecule has 1 aliphatic carbocycles. The molecule has 0 amide bonds. The largest absolute Gasteiger partial charge is 0.327 e. The van der Waals surface area contributed by atoms with Crippen LogP contribution in [0.4, 0.5) is 0 Å². The van der Waals surface area contributed by atoms with Gasteiger partial charge < -0.3 is 5.73 Å². The smallest absolute Gasteiger partial charge is 0.0211 e. The van der Waals surface area contributed by atoms with Crippen LogP contribution in [-0.2, 0) is 0 Å². The van der Waals surface area contributed by atoms with E-state index in [1.54, 1.807) is 0 Å². The molecule has 0 aliphatic heterocycles. The van der Waals surface area contributed by atoms with Crippen molar-refractivity contribution >= 4 is 15.9 Å². The van der Waals surface area contributed by atoms with Crippen LogP contribution in [0, 0.1) is 12.3 Å². The maximum absolute atomic E-state index is 6.07. The molecule has 0 saturated heterocycles. The molecule has 1 fully saturated rings. The summed E-state index contributed by atoms with van der Waals surface area (Å²) in [5.41, 5.74) is 9.00. The summed E-state index contributed by atoms with van der Waals surface area (Å²) in [6, 6.07) is 6.78. The summed E-state index contributed by atoms with van der Waals surface area (Å²) in [6.45, 7) is 6.59. The lowest BCUT2D eigenvalue weighted by atomic mass is 10.0. The Hall–Kier alpha value is -0.340. The lowest BCUT2D eigenvalue weighted by molar-refractivity contribution is 0.598. The average Bonchev–Trinajstić information content (AvgIpc) is 2.58. The molecular weight excluding hydrogens is 238 g/mol. The Morgan fingerprint density at radius 1 is 1.36 bits per heavy atom. The van der Waals surface area contributed by atoms with E-state index in [-0.39, 0.29) is 5.41 Å². The Bertz CT molecular complexity index is 371. The van der Waals surface area contributed by atoms with Crippen LogP contribution in [0.2, 0.25) is 0 Å². The maximum atomic E-state index is 6.07. The van der Waals surface area contributed by atoms with Crippen LogP contribution in [0.5, 0.6) is 0 Å². The van der Waals surface area contributed by atoms with Crippen LogP contribution in [0.15, 0.2) is 22.7 Å². The van der Waals surface area contributed by atoms with Gasteiger partial charge in [0.05, 0.1) is 0 Å². The normalized spacial score (nSPS) is 28.9. The van der Waals surface area contributed by atoms with Gasteiger partial charge in [0.15, 0.2) is 0 Å². The number of hydrogen-bond donors (Lipinski definition) is 1. The maximum Gasteiger partial charge on any atom is 0.0211 e. The molecule has 2 N–H and O–H groups in total. The first-order chi connectivity index (χ1) is 6.44. The Morgan fingerprint density at radius 3 is 2.43 bits per heavy atom. The van der Waals surface area contributed by atoms with Crippen LogP contribution in [-0.4, -0.2) is 6.04 Å². The van der Waals surface area contributed by atoms with E-state index < -0.39 is 0 Å². The van der Waals surface area contributed by atoms with E-state index >= 15 is 0 Å². The summed E-state index contributed by atoms with van der Waals surface area (Å²) >= 11 is 3.59. The van der Waals surface area contributed by atoms with Crippen molar-refractivity contribution in [1.82, 2.24) is 0 Å². The van der Waals surface area contributed by atoms with E-state index in [1.165, 1.54) is 15.6 Å². The number of aryl methyl sites for hydroxylation is 1. The Labute approximate surface area is 93.8 Å². The summed E-state index contributed by atoms with van der Waals surface area (Å²) in [6.07, 6.45) is 0. The summed E-state index contributed by atoms with van der Waals surface area (Å²) in [4.78, 5) is 0. The van der Waals surface area contributed by atoms with Crippen molar-refractivity contribution in [3.63, 3.8) is 0 Å². The van der Waals surface area contributed by atoms with E-state index in [4.69, 9.17) is 5.73 Å². The van der Waals surface area contributed by atoms with Crippen molar-refractivity contribution in [3.8, 4) is 0 Å². The molecule has 0 spiro atoms. The van der Waals surface area contributed by atoms with E-state index in [2.05, 4.69) is 54.9 Å². The van der Waals surface area contributed by atoms with Gasteiger partial charge in [-0.2, -0.15) is 0 Å². The molecule has 76 valence electrons. The summed E-state index contributed by atoms with van der Waals surface area (Å²) in [5.74, 6) is 0.511. The minimum atomic E-state index is 0.260. The molecule has 0 aromatic heterocycles. The standard InChI is InChI=1S/C12H16BrN/c1-7-4-5-9(13)8(6-7)10-11(14)12(10,2)3/h4-6,10-11H,14H2,1-3H3/t10-,11-/m0/s1. The molecule has 14 heavy (non-hydrogen) atoms. The molecule has 0 unspecified atom stereocenters. The van der Waals surface area contributed by atoms with Gasteiger partial charge in [0.25, 0.3) is 0 Å². The average molecular weight is 254 g/mol. The predicted molar refractivity (Wildman–Crippen MR) is 63.4 cm³/mol. The quantitative estimate of drug-likeness (QED) is 0.818. The highest BCUT2D eigenvalue weighted by molar-refractivity contribution is 9.10. The Morgan fingerprint density at radius 2 is 1.93 bits per heavy atom. The molecule has 1 aromatic carbocycles. The fraction of sp³-hybridized carbons (Fsp3) is 0.500. The van der Waals surface area contributed by atoms with Gasteiger partial charge in [-0.1, -0.05) is 47.5 Å². The highest BCUT2D eigenvalue weighted by atomic mass is 79.9. The molecular formula is C12H16BrN. The van der Waals surface area contributed by atoms with E-state index in [1.807, 2.05) is 0 Å². The summed E-state index contributed by atoms with van der Waals surface area (Å²) in [5, 5.41) is 0. The van der Waals surface area contributed by atoms with Crippen molar-refractivity contribution in [1.29, 1.82) is 0 Å². The zero-order chi connectivity index (χ0) is 10.5. The van der Waals surface area contributed by atoms with Gasteiger partial charge in [0, 0.05) is 16.4 Å². The second kappa shape index (κ2) is 3.07.